The number of aromatic nitrogens is 2. The van der Waals surface area contributed by atoms with Crippen LogP contribution in [0.1, 0.15) is 60.8 Å². The first-order valence-corrected chi connectivity index (χ1v) is 8.91. The number of carbonyl (C=O) groups excluding carboxylic acids is 1. The van der Waals surface area contributed by atoms with Crippen molar-refractivity contribution in [2.45, 2.75) is 52.1 Å². The fourth-order valence-electron chi connectivity index (χ4n) is 3.61. The lowest BCUT2D eigenvalue weighted by molar-refractivity contribution is -0.139. The summed E-state index contributed by atoms with van der Waals surface area (Å²) in [4.78, 5) is 26.5. The minimum absolute atomic E-state index is 0.155. The Bertz CT molecular complexity index is 848. The SMILES string of the molecule is CCc1c(C(=O)N2Cc3ccccc3C(C(=O)O)C2)cnn1C(C)(C)C. The van der Waals surface area contributed by atoms with E-state index >= 15 is 0 Å². The first-order valence-electron chi connectivity index (χ1n) is 8.91. The van der Waals surface area contributed by atoms with Crippen LogP contribution in [-0.4, -0.2) is 38.2 Å². The Morgan fingerprint density at radius 3 is 2.58 bits per heavy atom. The number of carboxylic acids is 1. The van der Waals surface area contributed by atoms with E-state index in [0.717, 1.165) is 16.8 Å². The van der Waals surface area contributed by atoms with E-state index in [9.17, 15) is 14.7 Å². The molecule has 0 bridgehead atoms. The number of rotatable bonds is 3. The topological polar surface area (TPSA) is 75.4 Å². The summed E-state index contributed by atoms with van der Waals surface area (Å²) in [6, 6.07) is 7.45. The molecule has 138 valence electrons. The van der Waals surface area contributed by atoms with Gasteiger partial charge in [-0.25, -0.2) is 0 Å². The summed E-state index contributed by atoms with van der Waals surface area (Å²) in [5, 5.41) is 14.0. The number of amides is 1. The number of benzene rings is 1. The van der Waals surface area contributed by atoms with Crippen molar-refractivity contribution in [2.24, 2.45) is 0 Å². The van der Waals surface area contributed by atoms with Crippen LogP contribution in [0.3, 0.4) is 0 Å². The highest BCUT2D eigenvalue weighted by Crippen LogP contribution is 2.30. The molecule has 6 heteroatoms. The molecule has 1 N–H and O–H groups in total. The van der Waals surface area contributed by atoms with Crippen LogP contribution in [0.15, 0.2) is 30.5 Å². The molecule has 0 aliphatic carbocycles. The molecule has 1 aromatic carbocycles. The van der Waals surface area contributed by atoms with Crippen LogP contribution in [0.2, 0.25) is 0 Å². The van der Waals surface area contributed by atoms with Gasteiger partial charge in [0.15, 0.2) is 0 Å². The van der Waals surface area contributed by atoms with E-state index in [0.29, 0.717) is 18.5 Å². The second-order valence-electron chi connectivity index (χ2n) is 7.72. The van der Waals surface area contributed by atoms with Gasteiger partial charge in [0.25, 0.3) is 5.91 Å². The number of carbonyl (C=O) groups is 2. The Hall–Kier alpha value is -2.63. The number of aliphatic carboxylic acids is 1. The van der Waals surface area contributed by atoms with Gasteiger partial charge in [-0.3, -0.25) is 14.3 Å². The predicted molar refractivity (Wildman–Crippen MR) is 98.2 cm³/mol. The molecule has 3 rings (SSSR count). The van der Waals surface area contributed by atoms with Gasteiger partial charge in [-0.1, -0.05) is 31.2 Å². The maximum Gasteiger partial charge on any atom is 0.312 e. The first-order chi connectivity index (χ1) is 12.2. The number of carboxylic acid groups (broad SMARTS) is 1. The van der Waals surface area contributed by atoms with Crippen molar-refractivity contribution in [3.63, 3.8) is 0 Å². The maximum atomic E-state index is 13.2. The van der Waals surface area contributed by atoms with Gasteiger partial charge in [-0.2, -0.15) is 5.10 Å². The highest BCUT2D eigenvalue weighted by Gasteiger charge is 2.34. The summed E-state index contributed by atoms with van der Waals surface area (Å²) in [7, 11) is 0. The molecule has 0 radical (unpaired) electrons. The Kier molecular flexibility index (Phi) is 4.61. The molecule has 0 spiro atoms. The lowest BCUT2D eigenvalue weighted by Crippen LogP contribution is -2.41. The smallest absolute Gasteiger partial charge is 0.312 e. The third kappa shape index (κ3) is 3.11. The Morgan fingerprint density at radius 2 is 1.96 bits per heavy atom. The van der Waals surface area contributed by atoms with E-state index in [1.165, 1.54) is 0 Å². The maximum absolute atomic E-state index is 13.2. The molecule has 26 heavy (non-hydrogen) atoms. The van der Waals surface area contributed by atoms with Gasteiger partial charge >= 0.3 is 5.97 Å². The molecule has 1 aliphatic rings. The zero-order chi connectivity index (χ0) is 19.1. The number of hydrogen-bond acceptors (Lipinski definition) is 3. The van der Waals surface area contributed by atoms with Crippen molar-refractivity contribution in [1.29, 1.82) is 0 Å². The number of nitrogens with zero attached hydrogens (tertiary/aromatic N) is 3. The fourth-order valence-corrected chi connectivity index (χ4v) is 3.61. The van der Waals surface area contributed by atoms with Gasteiger partial charge in [0.05, 0.1) is 28.9 Å². The molecule has 0 saturated carbocycles. The molecule has 1 aliphatic heterocycles. The third-order valence-corrected chi connectivity index (χ3v) is 4.85. The quantitative estimate of drug-likeness (QED) is 0.918. The lowest BCUT2D eigenvalue weighted by atomic mass is 9.89. The Labute approximate surface area is 153 Å². The van der Waals surface area contributed by atoms with E-state index in [1.54, 1.807) is 11.1 Å². The summed E-state index contributed by atoms with van der Waals surface area (Å²) in [5.74, 6) is -1.76. The van der Waals surface area contributed by atoms with Crippen molar-refractivity contribution in [1.82, 2.24) is 14.7 Å². The van der Waals surface area contributed by atoms with Crippen LogP contribution in [-0.2, 0) is 23.3 Å². The minimum Gasteiger partial charge on any atom is -0.481 e. The van der Waals surface area contributed by atoms with Crippen molar-refractivity contribution in [3.05, 3.63) is 52.8 Å². The van der Waals surface area contributed by atoms with Crippen LogP contribution in [0.4, 0.5) is 0 Å². The Balaban J connectivity index is 1.97. The summed E-state index contributed by atoms with van der Waals surface area (Å²) < 4.78 is 1.88. The van der Waals surface area contributed by atoms with Crippen LogP contribution in [0.25, 0.3) is 0 Å². The normalized spacial score (nSPS) is 17.1. The molecule has 1 unspecified atom stereocenters. The van der Waals surface area contributed by atoms with Crippen molar-refractivity contribution in [3.8, 4) is 0 Å². The lowest BCUT2D eigenvalue weighted by Gasteiger charge is -2.33. The van der Waals surface area contributed by atoms with Gasteiger partial charge in [-0.15, -0.1) is 0 Å². The zero-order valence-corrected chi connectivity index (χ0v) is 15.7. The molecular weight excluding hydrogens is 330 g/mol. The van der Waals surface area contributed by atoms with E-state index < -0.39 is 11.9 Å². The van der Waals surface area contributed by atoms with Gasteiger partial charge in [0, 0.05) is 13.1 Å². The van der Waals surface area contributed by atoms with Gasteiger partial charge < -0.3 is 10.0 Å². The minimum atomic E-state index is -0.906. The summed E-state index contributed by atoms with van der Waals surface area (Å²) in [6.07, 6.45) is 2.30. The first kappa shape index (κ1) is 18.2. The van der Waals surface area contributed by atoms with Crippen molar-refractivity contribution >= 4 is 11.9 Å². The fraction of sp³-hybridized carbons (Fsp3) is 0.450. The highest BCUT2D eigenvalue weighted by molar-refractivity contribution is 5.96. The predicted octanol–water partition coefficient (Wildman–Crippen LogP) is 3.02. The molecule has 0 saturated heterocycles. The molecule has 6 nitrogen and oxygen atoms in total. The standard InChI is InChI=1S/C20H25N3O3/c1-5-17-15(10-21-23(17)20(2,3)4)18(24)22-11-13-8-6-7-9-14(13)16(12-22)19(25)26/h6-10,16H,5,11-12H2,1-4H3,(H,25,26). The van der Waals surface area contributed by atoms with E-state index in [4.69, 9.17) is 0 Å². The van der Waals surface area contributed by atoms with Crippen LogP contribution >= 0.6 is 0 Å². The van der Waals surface area contributed by atoms with Crippen molar-refractivity contribution < 1.29 is 14.7 Å². The van der Waals surface area contributed by atoms with Crippen LogP contribution in [0, 0.1) is 0 Å². The summed E-state index contributed by atoms with van der Waals surface area (Å²) in [6.45, 7) is 8.74. The van der Waals surface area contributed by atoms with Crippen LogP contribution < -0.4 is 0 Å². The molecule has 2 heterocycles. The second kappa shape index (κ2) is 6.59. The van der Waals surface area contributed by atoms with Gasteiger partial charge in [0.2, 0.25) is 0 Å². The summed E-state index contributed by atoms with van der Waals surface area (Å²) >= 11 is 0. The molecule has 1 atom stereocenters. The van der Waals surface area contributed by atoms with Gasteiger partial charge in [0.1, 0.15) is 0 Å². The van der Waals surface area contributed by atoms with E-state index in [2.05, 4.69) is 5.10 Å². The molecule has 1 amide bonds. The molecular formula is C20H25N3O3. The number of hydrogen-bond donors (Lipinski definition) is 1. The largest absolute Gasteiger partial charge is 0.481 e. The van der Waals surface area contributed by atoms with E-state index in [-0.39, 0.29) is 18.0 Å². The molecule has 2 aromatic rings. The highest BCUT2D eigenvalue weighted by atomic mass is 16.4. The molecule has 0 fully saturated rings. The van der Waals surface area contributed by atoms with E-state index in [1.807, 2.05) is 56.6 Å². The average molecular weight is 355 g/mol. The summed E-state index contributed by atoms with van der Waals surface area (Å²) in [5.41, 5.74) is 2.91. The zero-order valence-electron chi connectivity index (χ0n) is 15.7. The third-order valence-electron chi connectivity index (χ3n) is 4.85. The number of fused-ring (bicyclic) bond motifs is 1. The second-order valence-corrected chi connectivity index (χ2v) is 7.72. The van der Waals surface area contributed by atoms with Gasteiger partial charge in [-0.05, 0) is 38.3 Å². The van der Waals surface area contributed by atoms with Crippen molar-refractivity contribution in [2.75, 3.05) is 6.54 Å². The molecule has 1 aromatic heterocycles. The average Bonchev–Trinajstić information content (AvgIpc) is 3.04. The Morgan fingerprint density at radius 1 is 1.27 bits per heavy atom. The van der Waals surface area contributed by atoms with Crippen LogP contribution in [0.5, 0.6) is 0 Å². The monoisotopic (exact) mass is 355 g/mol.